The third kappa shape index (κ3) is 4.99. The highest BCUT2D eigenvalue weighted by Crippen LogP contribution is 2.20. The molecular formula is C20H23BrN2O4. The van der Waals surface area contributed by atoms with E-state index in [-0.39, 0.29) is 30.2 Å². The highest BCUT2D eigenvalue weighted by Gasteiger charge is 2.27. The Hall–Kier alpha value is -2.12. The average Bonchev–Trinajstić information content (AvgIpc) is 3.29. The summed E-state index contributed by atoms with van der Waals surface area (Å²) in [6.07, 6.45) is 1.79. The molecule has 1 fully saturated rings. The van der Waals surface area contributed by atoms with Crippen LogP contribution in [0.5, 0.6) is 0 Å². The van der Waals surface area contributed by atoms with Gasteiger partial charge in [-0.05, 0) is 71.9 Å². The Morgan fingerprint density at radius 2 is 2.07 bits per heavy atom. The van der Waals surface area contributed by atoms with Gasteiger partial charge in [-0.15, -0.1) is 0 Å². The second-order valence-corrected chi connectivity index (χ2v) is 7.50. The fourth-order valence-electron chi connectivity index (χ4n) is 3.09. The van der Waals surface area contributed by atoms with Crippen molar-refractivity contribution in [2.75, 3.05) is 25.0 Å². The first kappa shape index (κ1) is 19.6. The van der Waals surface area contributed by atoms with Crippen molar-refractivity contribution in [3.63, 3.8) is 0 Å². The number of aryl methyl sites for hydroxylation is 1. The second kappa shape index (κ2) is 8.71. The summed E-state index contributed by atoms with van der Waals surface area (Å²) in [6.45, 7) is 4.93. The van der Waals surface area contributed by atoms with Crippen LogP contribution in [-0.2, 0) is 9.53 Å². The van der Waals surface area contributed by atoms with Crippen LogP contribution >= 0.6 is 15.9 Å². The summed E-state index contributed by atoms with van der Waals surface area (Å²) in [4.78, 5) is 26.9. The Morgan fingerprint density at radius 3 is 2.74 bits per heavy atom. The summed E-state index contributed by atoms with van der Waals surface area (Å²) in [6, 6.07) is 9.00. The number of ether oxygens (including phenoxy) is 1. The molecule has 1 aliphatic rings. The molecule has 6 nitrogen and oxygen atoms in total. The normalized spacial score (nSPS) is 16.3. The number of halogens is 1. The third-order valence-corrected chi connectivity index (χ3v) is 5.16. The Balaban J connectivity index is 1.72. The minimum absolute atomic E-state index is 0.0548. The SMILES string of the molecule is Cc1cccc(NC(=O)CN(C[C@H]2CCCO2)C(=O)c2ccc(Br)o2)c1C. The minimum atomic E-state index is -0.327. The molecule has 2 amide bonds. The quantitative estimate of drug-likeness (QED) is 0.747. The zero-order valence-corrected chi connectivity index (χ0v) is 17.0. The van der Waals surface area contributed by atoms with Gasteiger partial charge in [-0.3, -0.25) is 9.59 Å². The van der Waals surface area contributed by atoms with E-state index < -0.39 is 0 Å². The number of carbonyl (C=O) groups is 2. The van der Waals surface area contributed by atoms with E-state index >= 15 is 0 Å². The van der Waals surface area contributed by atoms with Crippen LogP contribution in [0.1, 0.15) is 34.5 Å². The fourth-order valence-corrected chi connectivity index (χ4v) is 3.39. The van der Waals surface area contributed by atoms with Gasteiger partial charge in [0.25, 0.3) is 5.91 Å². The molecule has 7 heteroatoms. The number of furan rings is 1. The van der Waals surface area contributed by atoms with Gasteiger partial charge in [0.2, 0.25) is 5.91 Å². The van der Waals surface area contributed by atoms with Crippen molar-refractivity contribution in [3.05, 3.63) is 51.9 Å². The third-order valence-electron chi connectivity index (χ3n) is 4.73. The van der Waals surface area contributed by atoms with Crippen molar-refractivity contribution in [2.45, 2.75) is 32.8 Å². The first-order chi connectivity index (χ1) is 12.9. The number of benzene rings is 1. The number of anilines is 1. The maximum Gasteiger partial charge on any atom is 0.290 e. The highest BCUT2D eigenvalue weighted by atomic mass is 79.9. The van der Waals surface area contributed by atoms with E-state index in [4.69, 9.17) is 9.15 Å². The van der Waals surface area contributed by atoms with Crippen molar-refractivity contribution < 1.29 is 18.7 Å². The van der Waals surface area contributed by atoms with Crippen molar-refractivity contribution >= 4 is 33.4 Å². The Bertz CT molecular complexity index is 827. The predicted molar refractivity (Wildman–Crippen MR) is 106 cm³/mol. The Kier molecular flexibility index (Phi) is 6.34. The largest absolute Gasteiger partial charge is 0.444 e. The monoisotopic (exact) mass is 434 g/mol. The molecule has 0 radical (unpaired) electrons. The summed E-state index contributed by atoms with van der Waals surface area (Å²) < 4.78 is 11.5. The zero-order valence-electron chi connectivity index (χ0n) is 15.5. The van der Waals surface area contributed by atoms with Crippen LogP contribution in [0.3, 0.4) is 0 Å². The summed E-state index contributed by atoms with van der Waals surface area (Å²) in [7, 11) is 0. The smallest absolute Gasteiger partial charge is 0.290 e. The number of nitrogens with zero attached hydrogens (tertiary/aromatic N) is 1. The molecule has 144 valence electrons. The lowest BCUT2D eigenvalue weighted by Crippen LogP contribution is -2.42. The van der Waals surface area contributed by atoms with Crippen LogP contribution in [0.15, 0.2) is 39.4 Å². The summed E-state index contributed by atoms with van der Waals surface area (Å²) in [5.74, 6) is -0.382. The first-order valence-corrected chi connectivity index (χ1v) is 9.75. The van der Waals surface area contributed by atoms with E-state index in [0.717, 1.165) is 29.7 Å². The van der Waals surface area contributed by atoms with Gasteiger partial charge in [-0.1, -0.05) is 12.1 Å². The number of hydrogen-bond donors (Lipinski definition) is 1. The Morgan fingerprint density at radius 1 is 1.26 bits per heavy atom. The number of carbonyl (C=O) groups excluding carboxylic acids is 2. The fraction of sp³-hybridized carbons (Fsp3) is 0.400. The van der Waals surface area contributed by atoms with Crippen LogP contribution in [0.25, 0.3) is 0 Å². The van der Waals surface area contributed by atoms with Crippen LogP contribution < -0.4 is 5.32 Å². The van der Waals surface area contributed by atoms with Crippen molar-refractivity contribution in [1.82, 2.24) is 4.90 Å². The molecule has 0 bridgehead atoms. The van der Waals surface area contributed by atoms with E-state index in [1.807, 2.05) is 32.0 Å². The molecule has 1 atom stereocenters. The highest BCUT2D eigenvalue weighted by molar-refractivity contribution is 9.10. The van der Waals surface area contributed by atoms with Crippen LogP contribution in [0, 0.1) is 13.8 Å². The number of rotatable bonds is 6. The van der Waals surface area contributed by atoms with E-state index in [9.17, 15) is 9.59 Å². The van der Waals surface area contributed by atoms with Crippen LogP contribution in [0.2, 0.25) is 0 Å². The van der Waals surface area contributed by atoms with Gasteiger partial charge in [0, 0.05) is 18.8 Å². The van der Waals surface area contributed by atoms with Crippen LogP contribution in [-0.4, -0.2) is 42.5 Å². The summed E-state index contributed by atoms with van der Waals surface area (Å²) >= 11 is 3.21. The average molecular weight is 435 g/mol. The maximum absolute atomic E-state index is 12.8. The molecular weight excluding hydrogens is 412 g/mol. The molecule has 1 N–H and O–H groups in total. The molecule has 2 heterocycles. The Labute approximate surface area is 167 Å². The molecule has 27 heavy (non-hydrogen) atoms. The van der Waals surface area contributed by atoms with Gasteiger partial charge < -0.3 is 19.4 Å². The molecule has 1 saturated heterocycles. The van der Waals surface area contributed by atoms with Gasteiger partial charge in [0.1, 0.15) is 6.54 Å². The second-order valence-electron chi connectivity index (χ2n) is 6.72. The van der Waals surface area contributed by atoms with E-state index in [0.29, 0.717) is 17.8 Å². The van der Waals surface area contributed by atoms with Crippen molar-refractivity contribution in [2.24, 2.45) is 0 Å². The maximum atomic E-state index is 12.8. The number of nitrogens with one attached hydrogen (secondary N) is 1. The lowest BCUT2D eigenvalue weighted by atomic mass is 10.1. The van der Waals surface area contributed by atoms with Crippen molar-refractivity contribution in [3.8, 4) is 0 Å². The lowest BCUT2D eigenvalue weighted by molar-refractivity contribution is -0.117. The van der Waals surface area contributed by atoms with Crippen LogP contribution in [0.4, 0.5) is 5.69 Å². The summed E-state index contributed by atoms with van der Waals surface area (Å²) in [5.41, 5.74) is 2.86. The topological polar surface area (TPSA) is 71.8 Å². The number of amides is 2. The number of hydrogen-bond acceptors (Lipinski definition) is 4. The predicted octanol–water partition coefficient (Wildman–Crippen LogP) is 3.92. The molecule has 1 aromatic heterocycles. The zero-order chi connectivity index (χ0) is 19.4. The van der Waals surface area contributed by atoms with Gasteiger partial charge in [0.05, 0.1) is 6.10 Å². The van der Waals surface area contributed by atoms with E-state index in [2.05, 4.69) is 21.2 Å². The van der Waals surface area contributed by atoms with E-state index in [1.54, 1.807) is 12.1 Å². The standard InChI is InChI=1S/C20H23BrN2O4/c1-13-5-3-7-16(14(13)2)22-19(24)12-23(11-15-6-4-10-26-15)20(25)17-8-9-18(21)27-17/h3,5,7-9,15H,4,6,10-12H2,1-2H3,(H,22,24)/t15-/m1/s1. The molecule has 3 rings (SSSR count). The van der Waals surface area contributed by atoms with Crippen molar-refractivity contribution in [1.29, 1.82) is 0 Å². The molecule has 1 aliphatic heterocycles. The molecule has 0 aliphatic carbocycles. The van der Waals surface area contributed by atoms with Gasteiger partial charge >= 0.3 is 0 Å². The molecule has 0 unspecified atom stereocenters. The molecule has 2 aromatic rings. The first-order valence-electron chi connectivity index (χ1n) is 8.96. The minimum Gasteiger partial charge on any atom is -0.444 e. The molecule has 0 saturated carbocycles. The van der Waals surface area contributed by atoms with E-state index in [1.165, 1.54) is 4.90 Å². The molecule has 1 aromatic carbocycles. The van der Waals surface area contributed by atoms with Gasteiger partial charge in [-0.2, -0.15) is 0 Å². The molecule has 0 spiro atoms. The summed E-state index contributed by atoms with van der Waals surface area (Å²) in [5, 5.41) is 2.90. The lowest BCUT2D eigenvalue weighted by Gasteiger charge is -2.24. The van der Waals surface area contributed by atoms with Gasteiger partial charge in [0.15, 0.2) is 10.4 Å². The van der Waals surface area contributed by atoms with Gasteiger partial charge in [-0.25, -0.2) is 0 Å².